The second-order valence-electron chi connectivity index (χ2n) is 8.92. The van der Waals surface area contributed by atoms with Gasteiger partial charge < -0.3 is 19.4 Å². The highest BCUT2D eigenvalue weighted by Gasteiger charge is 2.19. The highest BCUT2D eigenvalue weighted by Crippen LogP contribution is 2.31. The molecule has 5 rings (SSSR count). The Morgan fingerprint density at radius 2 is 1.73 bits per heavy atom. The molecule has 1 fully saturated rings. The van der Waals surface area contributed by atoms with E-state index >= 15 is 0 Å². The standard InChI is InChI=1S/C28H31N3O2/c1-29-16-18-30(19-17-29)27-9-5-8-24-10-11-25(20-26(24)27)33-21-28(32)31-14-12-23(13-15-31)22-6-3-2-4-7-22/h2-12,20H,13-19,21H2,1H3. The Morgan fingerprint density at radius 3 is 2.48 bits per heavy atom. The van der Waals surface area contributed by atoms with Crippen molar-refractivity contribution in [1.29, 1.82) is 0 Å². The molecule has 0 atom stereocenters. The van der Waals surface area contributed by atoms with Crippen molar-refractivity contribution in [3.8, 4) is 5.75 Å². The van der Waals surface area contributed by atoms with Crippen molar-refractivity contribution in [1.82, 2.24) is 9.80 Å². The third kappa shape index (κ3) is 4.88. The molecule has 0 aromatic heterocycles. The average molecular weight is 442 g/mol. The summed E-state index contributed by atoms with van der Waals surface area (Å²) in [5.74, 6) is 0.778. The third-order valence-corrected chi connectivity index (χ3v) is 6.74. The molecule has 3 aromatic carbocycles. The second-order valence-corrected chi connectivity index (χ2v) is 8.92. The van der Waals surface area contributed by atoms with Gasteiger partial charge in [0, 0.05) is 50.3 Å². The normalized spacial score (nSPS) is 17.2. The second kappa shape index (κ2) is 9.67. The number of ether oxygens (including phenoxy) is 1. The smallest absolute Gasteiger partial charge is 0.260 e. The molecule has 0 N–H and O–H groups in total. The molecule has 0 bridgehead atoms. The first kappa shape index (κ1) is 21.5. The quantitative estimate of drug-likeness (QED) is 0.592. The van der Waals surface area contributed by atoms with E-state index in [0.29, 0.717) is 6.54 Å². The zero-order chi connectivity index (χ0) is 22.6. The Labute approximate surface area is 195 Å². The van der Waals surface area contributed by atoms with Crippen molar-refractivity contribution in [2.24, 2.45) is 0 Å². The third-order valence-electron chi connectivity index (χ3n) is 6.74. The van der Waals surface area contributed by atoms with Gasteiger partial charge in [-0.3, -0.25) is 4.79 Å². The summed E-state index contributed by atoms with van der Waals surface area (Å²) in [4.78, 5) is 19.5. The topological polar surface area (TPSA) is 36.0 Å². The predicted octanol–water partition coefficient (Wildman–Crippen LogP) is 4.29. The van der Waals surface area contributed by atoms with Crippen LogP contribution in [0.5, 0.6) is 5.75 Å². The molecule has 5 heteroatoms. The van der Waals surface area contributed by atoms with Crippen molar-refractivity contribution in [3.05, 3.63) is 78.4 Å². The average Bonchev–Trinajstić information content (AvgIpc) is 2.88. The van der Waals surface area contributed by atoms with Crippen LogP contribution in [0.2, 0.25) is 0 Å². The van der Waals surface area contributed by atoms with Crippen LogP contribution in [0, 0.1) is 0 Å². The summed E-state index contributed by atoms with van der Waals surface area (Å²) in [6, 6.07) is 23.0. The van der Waals surface area contributed by atoms with Crippen molar-refractivity contribution in [2.45, 2.75) is 6.42 Å². The molecular formula is C28H31N3O2. The van der Waals surface area contributed by atoms with Gasteiger partial charge in [0.1, 0.15) is 5.75 Å². The van der Waals surface area contributed by atoms with Crippen LogP contribution in [0.15, 0.2) is 72.8 Å². The van der Waals surface area contributed by atoms with Gasteiger partial charge in [-0.1, -0.05) is 54.6 Å². The fourth-order valence-corrected chi connectivity index (χ4v) is 4.69. The summed E-state index contributed by atoms with van der Waals surface area (Å²) in [7, 11) is 2.17. The molecule has 2 heterocycles. The van der Waals surface area contributed by atoms with Crippen LogP contribution in [0.4, 0.5) is 5.69 Å². The van der Waals surface area contributed by atoms with Gasteiger partial charge in [-0.25, -0.2) is 0 Å². The maximum Gasteiger partial charge on any atom is 0.260 e. The number of likely N-dealkylation sites (N-methyl/N-ethyl adjacent to an activating group) is 1. The number of carbonyl (C=O) groups is 1. The van der Waals surface area contributed by atoms with Crippen LogP contribution < -0.4 is 9.64 Å². The van der Waals surface area contributed by atoms with Gasteiger partial charge in [-0.2, -0.15) is 0 Å². The number of amides is 1. The summed E-state index contributed by atoms with van der Waals surface area (Å²) in [5, 5.41) is 2.38. The SMILES string of the molecule is CN1CCN(c2cccc3ccc(OCC(=O)N4CC=C(c5ccccc5)CC4)cc23)CC1. The van der Waals surface area contributed by atoms with Crippen molar-refractivity contribution in [2.75, 3.05) is 57.8 Å². The fourth-order valence-electron chi connectivity index (χ4n) is 4.69. The zero-order valence-electron chi connectivity index (χ0n) is 19.2. The minimum Gasteiger partial charge on any atom is -0.484 e. The van der Waals surface area contributed by atoms with E-state index in [1.807, 2.05) is 17.0 Å². The summed E-state index contributed by atoms with van der Waals surface area (Å²) < 4.78 is 5.96. The Hall–Kier alpha value is -3.31. The molecule has 3 aromatic rings. The number of nitrogens with zero attached hydrogens (tertiary/aromatic N) is 3. The Morgan fingerprint density at radius 1 is 0.909 bits per heavy atom. The van der Waals surface area contributed by atoms with E-state index < -0.39 is 0 Å². The maximum atomic E-state index is 12.8. The van der Waals surface area contributed by atoms with E-state index in [-0.39, 0.29) is 12.5 Å². The number of benzene rings is 3. The number of hydrogen-bond donors (Lipinski definition) is 0. The predicted molar refractivity (Wildman–Crippen MR) is 135 cm³/mol. The first-order valence-electron chi connectivity index (χ1n) is 11.8. The highest BCUT2D eigenvalue weighted by atomic mass is 16.5. The molecule has 0 spiro atoms. The van der Waals surface area contributed by atoms with Crippen LogP contribution in [0.3, 0.4) is 0 Å². The van der Waals surface area contributed by atoms with E-state index in [1.165, 1.54) is 27.6 Å². The number of carbonyl (C=O) groups excluding carboxylic acids is 1. The maximum absolute atomic E-state index is 12.8. The van der Waals surface area contributed by atoms with E-state index in [4.69, 9.17) is 4.74 Å². The van der Waals surface area contributed by atoms with Gasteiger partial charge in [0.2, 0.25) is 0 Å². The number of anilines is 1. The number of hydrogen-bond acceptors (Lipinski definition) is 4. The molecule has 1 amide bonds. The molecular weight excluding hydrogens is 410 g/mol. The van der Waals surface area contributed by atoms with Crippen LogP contribution >= 0.6 is 0 Å². The van der Waals surface area contributed by atoms with Crippen LogP contribution in [0.1, 0.15) is 12.0 Å². The lowest BCUT2D eigenvalue weighted by Crippen LogP contribution is -2.44. The molecule has 0 saturated carbocycles. The lowest BCUT2D eigenvalue weighted by Gasteiger charge is -2.34. The van der Waals surface area contributed by atoms with Crippen LogP contribution in [-0.4, -0.2) is 68.6 Å². The van der Waals surface area contributed by atoms with Crippen molar-refractivity contribution in [3.63, 3.8) is 0 Å². The first-order chi connectivity index (χ1) is 16.2. The summed E-state index contributed by atoms with van der Waals surface area (Å²) >= 11 is 0. The summed E-state index contributed by atoms with van der Waals surface area (Å²) in [5.41, 5.74) is 3.80. The number of fused-ring (bicyclic) bond motifs is 1. The lowest BCUT2D eigenvalue weighted by molar-refractivity contribution is -0.132. The molecule has 0 unspecified atom stereocenters. The van der Waals surface area contributed by atoms with Crippen LogP contribution in [0.25, 0.3) is 16.3 Å². The van der Waals surface area contributed by atoms with Crippen LogP contribution in [-0.2, 0) is 4.79 Å². The minimum absolute atomic E-state index is 0.0332. The van der Waals surface area contributed by atoms with E-state index in [1.54, 1.807) is 0 Å². The molecule has 2 aliphatic heterocycles. The number of piperazine rings is 1. The Balaban J connectivity index is 1.24. The zero-order valence-corrected chi connectivity index (χ0v) is 19.2. The summed E-state index contributed by atoms with van der Waals surface area (Å²) in [6.07, 6.45) is 3.04. The molecule has 33 heavy (non-hydrogen) atoms. The minimum atomic E-state index is 0.0332. The first-order valence-corrected chi connectivity index (χ1v) is 11.8. The van der Waals surface area contributed by atoms with Crippen molar-refractivity contribution >= 4 is 27.9 Å². The Kier molecular flexibility index (Phi) is 6.31. The molecule has 1 saturated heterocycles. The van der Waals surface area contributed by atoms with E-state index in [0.717, 1.165) is 44.9 Å². The van der Waals surface area contributed by atoms with E-state index in [9.17, 15) is 4.79 Å². The molecule has 5 nitrogen and oxygen atoms in total. The molecule has 0 aliphatic carbocycles. The monoisotopic (exact) mass is 441 g/mol. The van der Waals surface area contributed by atoms with Gasteiger partial charge in [-0.05, 0) is 48.2 Å². The highest BCUT2D eigenvalue weighted by molar-refractivity contribution is 5.95. The number of rotatable bonds is 5. The Bertz CT molecular complexity index is 1150. The fraction of sp³-hybridized carbons (Fsp3) is 0.321. The van der Waals surface area contributed by atoms with Gasteiger partial charge in [0.15, 0.2) is 6.61 Å². The molecule has 2 aliphatic rings. The molecule has 0 radical (unpaired) electrons. The lowest BCUT2D eigenvalue weighted by atomic mass is 10.00. The summed E-state index contributed by atoms with van der Waals surface area (Å²) in [6.45, 7) is 5.61. The van der Waals surface area contributed by atoms with Gasteiger partial charge in [-0.15, -0.1) is 0 Å². The molecule has 170 valence electrons. The van der Waals surface area contributed by atoms with Gasteiger partial charge >= 0.3 is 0 Å². The van der Waals surface area contributed by atoms with Gasteiger partial charge in [0.25, 0.3) is 5.91 Å². The van der Waals surface area contributed by atoms with Crippen molar-refractivity contribution < 1.29 is 9.53 Å². The largest absolute Gasteiger partial charge is 0.484 e. The van der Waals surface area contributed by atoms with Gasteiger partial charge in [0.05, 0.1) is 0 Å². The van der Waals surface area contributed by atoms with E-state index in [2.05, 4.69) is 77.5 Å².